The van der Waals surface area contributed by atoms with Crippen LogP contribution >= 0.6 is 11.8 Å². The van der Waals surface area contributed by atoms with Crippen LogP contribution in [0, 0.1) is 0 Å². The van der Waals surface area contributed by atoms with Gasteiger partial charge in [-0.3, -0.25) is 14.7 Å². The van der Waals surface area contributed by atoms with Crippen molar-refractivity contribution in [3.8, 4) is 0 Å². The number of pyridine rings is 1. The molecule has 1 fully saturated rings. The average Bonchev–Trinajstić information content (AvgIpc) is 2.83. The van der Waals surface area contributed by atoms with Crippen molar-refractivity contribution < 1.29 is 4.79 Å². The molecule has 1 aromatic carbocycles. The third-order valence-electron chi connectivity index (χ3n) is 2.88. The van der Waals surface area contributed by atoms with Gasteiger partial charge in [0.05, 0.1) is 17.6 Å². The fourth-order valence-electron chi connectivity index (χ4n) is 2.06. The van der Waals surface area contributed by atoms with E-state index in [0.29, 0.717) is 5.75 Å². The third-order valence-corrected chi connectivity index (χ3v) is 4.09. The molecule has 0 N–H and O–H groups in total. The number of aromatic nitrogens is 1. The van der Waals surface area contributed by atoms with Gasteiger partial charge in [-0.1, -0.05) is 30.3 Å². The summed E-state index contributed by atoms with van der Waals surface area (Å²) in [6.07, 6.45) is 3.45. The summed E-state index contributed by atoms with van der Waals surface area (Å²) in [5.74, 6) is 0.663. The number of carbonyl (C=O) groups excluding carboxylic acids is 1. The van der Waals surface area contributed by atoms with Crippen LogP contribution in [0.3, 0.4) is 0 Å². The number of amides is 1. The van der Waals surface area contributed by atoms with Crippen LogP contribution in [-0.2, 0) is 4.79 Å². The molecule has 1 aliphatic heterocycles. The Hall–Kier alpha value is -1.81. The Balaban J connectivity index is 1.98. The molecular weight excluding hydrogens is 244 g/mol. The predicted molar refractivity (Wildman–Crippen MR) is 73.4 cm³/mol. The number of rotatable bonds is 2. The SMILES string of the molecule is O=C1CS[C@H](c2ccccc2)N1c1cccnc1. The summed E-state index contributed by atoms with van der Waals surface area (Å²) >= 11 is 1.66. The van der Waals surface area contributed by atoms with Crippen LogP contribution in [0.15, 0.2) is 54.9 Å². The van der Waals surface area contributed by atoms with Gasteiger partial charge >= 0.3 is 0 Å². The lowest BCUT2D eigenvalue weighted by atomic mass is 10.2. The maximum atomic E-state index is 12.0. The van der Waals surface area contributed by atoms with Gasteiger partial charge in [0.1, 0.15) is 5.37 Å². The summed E-state index contributed by atoms with van der Waals surface area (Å²) in [5.41, 5.74) is 2.01. The molecule has 1 aliphatic rings. The van der Waals surface area contributed by atoms with E-state index >= 15 is 0 Å². The van der Waals surface area contributed by atoms with Crippen molar-refractivity contribution in [2.45, 2.75) is 5.37 Å². The fourth-order valence-corrected chi connectivity index (χ4v) is 3.24. The highest BCUT2D eigenvalue weighted by Crippen LogP contribution is 2.41. The zero-order chi connectivity index (χ0) is 12.4. The molecule has 0 unspecified atom stereocenters. The lowest BCUT2D eigenvalue weighted by Crippen LogP contribution is -2.27. The Bertz CT molecular complexity index is 544. The van der Waals surface area contributed by atoms with E-state index in [2.05, 4.69) is 17.1 Å². The van der Waals surface area contributed by atoms with Crippen LogP contribution in [0.25, 0.3) is 0 Å². The van der Waals surface area contributed by atoms with E-state index in [0.717, 1.165) is 11.3 Å². The van der Waals surface area contributed by atoms with Gasteiger partial charge in [0.15, 0.2) is 0 Å². The molecule has 0 radical (unpaired) electrons. The first-order chi connectivity index (χ1) is 8.86. The number of thioether (sulfide) groups is 1. The van der Waals surface area contributed by atoms with Gasteiger partial charge in [-0.05, 0) is 17.7 Å². The molecule has 0 aliphatic carbocycles. The van der Waals surface area contributed by atoms with Gasteiger partial charge in [0.2, 0.25) is 5.91 Å². The first kappa shape index (κ1) is 11.3. The maximum absolute atomic E-state index is 12.0. The molecule has 3 nitrogen and oxygen atoms in total. The first-order valence-electron chi connectivity index (χ1n) is 5.75. The Kier molecular flexibility index (Phi) is 3.02. The molecule has 1 atom stereocenters. The number of hydrogen-bond acceptors (Lipinski definition) is 3. The molecule has 18 heavy (non-hydrogen) atoms. The minimum Gasteiger partial charge on any atom is -0.293 e. The topological polar surface area (TPSA) is 33.2 Å². The van der Waals surface area contributed by atoms with E-state index < -0.39 is 0 Å². The van der Waals surface area contributed by atoms with Crippen molar-refractivity contribution in [3.63, 3.8) is 0 Å². The van der Waals surface area contributed by atoms with E-state index in [1.54, 1.807) is 24.2 Å². The van der Waals surface area contributed by atoms with Crippen molar-refractivity contribution >= 4 is 23.4 Å². The molecule has 1 aromatic heterocycles. The fraction of sp³-hybridized carbons (Fsp3) is 0.143. The lowest BCUT2D eigenvalue weighted by Gasteiger charge is -2.23. The van der Waals surface area contributed by atoms with Crippen LogP contribution in [-0.4, -0.2) is 16.6 Å². The molecule has 4 heteroatoms. The van der Waals surface area contributed by atoms with Gasteiger partial charge < -0.3 is 0 Å². The predicted octanol–water partition coefficient (Wildman–Crippen LogP) is 2.86. The molecule has 90 valence electrons. The summed E-state index contributed by atoms with van der Waals surface area (Å²) in [6, 6.07) is 13.9. The summed E-state index contributed by atoms with van der Waals surface area (Å²) in [4.78, 5) is 18.0. The number of anilines is 1. The second-order valence-electron chi connectivity index (χ2n) is 4.05. The van der Waals surface area contributed by atoms with Crippen LogP contribution in [0.5, 0.6) is 0 Å². The Morgan fingerprint density at radius 2 is 2.00 bits per heavy atom. The molecule has 3 rings (SSSR count). The van der Waals surface area contributed by atoms with Crippen LogP contribution in [0.2, 0.25) is 0 Å². The monoisotopic (exact) mass is 256 g/mol. The molecule has 1 amide bonds. The second-order valence-corrected chi connectivity index (χ2v) is 5.12. The van der Waals surface area contributed by atoms with E-state index in [1.165, 1.54) is 0 Å². The van der Waals surface area contributed by atoms with Crippen molar-refractivity contribution in [3.05, 3.63) is 60.4 Å². The normalized spacial score (nSPS) is 19.2. The van der Waals surface area contributed by atoms with Gasteiger partial charge in [-0.25, -0.2) is 0 Å². The van der Waals surface area contributed by atoms with Crippen molar-refractivity contribution in [2.24, 2.45) is 0 Å². The van der Waals surface area contributed by atoms with Crippen molar-refractivity contribution in [1.82, 2.24) is 4.98 Å². The smallest absolute Gasteiger partial charge is 0.238 e. The largest absolute Gasteiger partial charge is 0.293 e. The molecule has 2 aromatic rings. The lowest BCUT2D eigenvalue weighted by molar-refractivity contribution is -0.115. The Morgan fingerprint density at radius 3 is 2.72 bits per heavy atom. The Labute approximate surface area is 110 Å². The number of hydrogen-bond donors (Lipinski definition) is 0. The minimum atomic E-state index is 0.0582. The molecule has 2 heterocycles. The van der Waals surface area contributed by atoms with Crippen molar-refractivity contribution in [2.75, 3.05) is 10.7 Å². The summed E-state index contributed by atoms with van der Waals surface area (Å²) < 4.78 is 0. The molecule has 0 saturated carbocycles. The van der Waals surface area contributed by atoms with Gasteiger partial charge in [-0.15, -0.1) is 11.8 Å². The van der Waals surface area contributed by atoms with Gasteiger partial charge in [0, 0.05) is 6.20 Å². The molecule has 0 spiro atoms. The van der Waals surface area contributed by atoms with E-state index in [9.17, 15) is 4.79 Å². The van der Waals surface area contributed by atoms with Crippen molar-refractivity contribution in [1.29, 1.82) is 0 Å². The van der Waals surface area contributed by atoms with E-state index in [1.807, 2.05) is 35.2 Å². The van der Waals surface area contributed by atoms with Gasteiger partial charge in [-0.2, -0.15) is 0 Å². The number of nitrogens with zero attached hydrogens (tertiary/aromatic N) is 2. The average molecular weight is 256 g/mol. The highest BCUT2D eigenvalue weighted by Gasteiger charge is 2.33. The summed E-state index contributed by atoms with van der Waals surface area (Å²) in [7, 11) is 0. The van der Waals surface area contributed by atoms with Crippen LogP contribution in [0.1, 0.15) is 10.9 Å². The molecule has 1 saturated heterocycles. The minimum absolute atomic E-state index is 0.0582. The zero-order valence-electron chi connectivity index (χ0n) is 9.69. The number of benzene rings is 1. The van der Waals surface area contributed by atoms with Crippen LogP contribution in [0.4, 0.5) is 5.69 Å². The van der Waals surface area contributed by atoms with E-state index in [-0.39, 0.29) is 11.3 Å². The van der Waals surface area contributed by atoms with E-state index in [4.69, 9.17) is 0 Å². The van der Waals surface area contributed by atoms with Gasteiger partial charge in [0.25, 0.3) is 0 Å². The molecule has 0 bridgehead atoms. The summed E-state index contributed by atoms with van der Waals surface area (Å²) in [6.45, 7) is 0. The Morgan fingerprint density at radius 1 is 1.17 bits per heavy atom. The number of carbonyl (C=O) groups is 1. The zero-order valence-corrected chi connectivity index (χ0v) is 10.5. The van der Waals surface area contributed by atoms with Crippen LogP contribution < -0.4 is 4.90 Å². The third kappa shape index (κ3) is 1.99. The summed E-state index contributed by atoms with van der Waals surface area (Å²) in [5, 5.41) is 0.0582. The standard InChI is InChI=1S/C14H12N2OS/c17-13-10-18-14(11-5-2-1-3-6-11)16(13)12-7-4-8-15-9-12/h1-9,14H,10H2/t14-/m1/s1. The maximum Gasteiger partial charge on any atom is 0.238 e. The highest BCUT2D eigenvalue weighted by molar-refractivity contribution is 8.00. The quantitative estimate of drug-likeness (QED) is 0.828. The highest BCUT2D eigenvalue weighted by atomic mass is 32.2. The second kappa shape index (κ2) is 4.82. The first-order valence-corrected chi connectivity index (χ1v) is 6.80. The molecular formula is C14H12N2OS.